The number of ketones is 1. The third-order valence-corrected chi connectivity index (χ3v) is 6.82. The molecule has 1 aliphatic carbocycles. The van der Waals surface area contributed by atoms with Crippen LogP contribution in [0.15, 0.2) is 58.3 Å². The third kappa shape index (κ3) is 5.42. The zero-order valence-electron chi connectivity index (χ0n) is 18.9. The Morgan fingerprint density at radius 3 is 2.55 bits per heavy atom. The molecule has 7 heteroatoms. The molecule has 2 amide bonds. The van der Waals surface area contributed by atoms with Crippen molar-refractivity contribution in [1.29, 1.82) is 0 Å². The summed E-state index contributed by atoms with van der Waals surface area (Å²) >= 11 is 1.49. The lowest BCUT2D eigenvalue weighted by molar-refractivity contribution is -0.127. The summed E-state index contributed by atoms with van der Waals surface area (Å²) in [6.07, 6.45) is 4.17. The van der Waals surface area contributed by atoms with Crippen molar-refractivity contribution >= 4 is 34.6 Å². The number of hydrogen-bond donors (Lipinski definition) is 1. The van der Waals surface area contributed by atoms with Crippen LogP contribution in [0.1, 0.15) is 65.4 Å². The van der Waals surface area contributed by atoms with E-state index in [1.165, 1.54) is 23.2 Å². The van der Waals surface area contributed by atoms with E-state index in [0.717, 1.165) is 30.6 Å². The quantitative estimate of drug-likeness (QED) is 0.463. The lowest BCUT2D eigenvalue weighted by Gasteiger charge is -2.31. The van der Waals surface area contributed by atoms with Crippen LogP contribution < -0.4 is 10.2 Å². The second kappa shape index (κ2) is 10.2. The first-order valence-corrected chi connectivity index (χ1v) is 12.1. The highest BCUT2D eigenvalue weighted by Gasteiger charge is 2.36. The monoisotopic (exact) mass is 464 g/mol. The largest absolute Gasteiger partial charge is 0.464 e. The molecule has 1 atom stereocenters. The molecule has 3 aromatic rings. The Bertz CT molecular complexity index is 1130. The van der Waals surface area contributed by atoms with Gasteiger partial charge in [0.2, 0.25) is 5.91 Å². The minimum Gasteiger partial charge on any atom is -0.464 e. The number of rotatable bonds is 8. The van der Waals surface area contributed by atoms with E-state index in [1.807, 2.05) is 24.4 Å². The van der Waals surface area contributed by atoms with Crippen LogP contribution in [0.4, 0.5) is 5.69 Å². The summed E-state index contributed by atoms with van der Waals surface area (Å²) < 4.78 is 5.88. The van der Waals surface area contributed by atoms with E-state index < -0.39 is 6.04 Å². The maximum atomic E-state index is 13.7. The molecular formula is C26H28N2O4S. The Kier molecular flexibility index (Phi) is 7.08. The standard InChI is InChI=1S/C26H28N2O4S/c1-17-12-13-23(32-17)25(26(31)27-20-8-3-4-9-20)28(24(30)16-22-11-6-14-33-22)21-10-5-7-19(15-21)18(2)29/h5-7,10-15,20,25H,3-4,8-9,16H2,1-2H3,(H,27,31)/t25-/m0/s1. The van der Waals surface area contributed by atoms with E-state index >= 15 is 0 Å². The van der Waals surface area contributed by atoms with Gasteiger partial charge in [-0.15, -0.1) is 11.3 Å². The van der Waals surface area contributed by atoms with Crippen LogP contribution in [0.25, 0.3) is 0 Å². The van der Waals surface area contributed by atoms with E-state index in [9.17, 15) is 14.4 Å². The molecule has 6 nitrogen and oxygen atoms in total. The van der Waals surface area contributed by atoms with Gasteiger partial charge < -0.3 is 9.73 Å². The Morgan fingerprint density at radius 2 is 1.91 bits per heavy atom. The normalized spacial score (nSPS) is 14.7. The first-order chi connectivity index (χ1) is 15.9. The van der Waals surface area contributed by atoms with Crippen molar-refractivity contribution < 1.29 is 18.8 Å². The average Bonchev–Trinajstić information content (AvgIpc) is 3.56. The molecule has 4 rings (SSSR count). The van der Waals surface area contributed by atoms with Gasteiger partial charge in [0.1, 0.15) is 11.5 Å². The van der Waals surface area contributed by atoms with Crippen molar-refractivity contribution in [3.05, 3.63) is 75.9 Å². The van der Waals surface area contributed by atoms with E-state index in [-0.39, 0.29) is 30.1 Å². The second-order valence-corrected chi connectivity index (χ2v) is 9.50. The van der Waals surface area contributed by atoms with Gasteiger partial charge in [-0.2, -0.15) is 0 Å². The summed E-state index contributed by atoms with van der Waals surface area (Å²) in [7, 11) is 0. The van der Waals surface area contributed by atoms with Gasteiger partial charge in [-0.05, 0) is 62.4 Å². The summed E-state index contributed by atoms with van der Waals surface area (Å²) in [4.78, 5) is 41.7. The number of hydrogen-bond acceptors (Lipinski definition) is 5. The van der Waals surface area contributed by atoms with E-state index in [4.69, 9.17) is 4.42 Å². The van der Waals surface area contributed by atoms with Gasteiger partial charge in [-0.1, -0.05) is 31.0 Å². The molecule has 2 heterocycles. The minimum atomic E-state index is -0.978. The summed E-state index contributed by atoms with van der Waals surface area (Å²) in [6.45, 7) is 3.29. The first-order valence-electron chi connectivity index (χ1n) is 11.2. The number of nitrogens with one attached hydrogen (secondary N) is 1. The number of anilines is 1. The molecular weight excluding hydrogens is 436 g/mol. The molecule has 1 aromatic carbocycles. The molecule has 2 aromatic heterocycles. The Labute approximate surface area is 197 Å². The molecule has 1 saturated carbocycles. The molecule has 0 radical (unpaired) electrons. The minimum absolute atomic E-state index is 0.0915. The van der Waals surface area contributed by atoms with Crippen LogP contribution in [-0.4, -0.2) is 23.6 Å². The second-order valence-electron chi connectivity index (χ2n) is 8.47. The van der Waals surface area contributed by atoms with Crippen LogP contribution in [0.5, 0.6) is 0 Å². The Hall–Kier alpha value is -3.19. The highest BCUT2D eigenvalue weighted by molar-refractivity contribution is 7.10. The Balaban J connectivity index is 1.77. The average molecular weight is 465 g/mol. The van der Waals surface area contributed by atoms with Crippen LogP contribution in [0.3, 0.4) is 0 Å². The summed E-state index contributed by atoms with van der Waals surface area (Å²) in [5, 5.41) is 5.05. The fourth-order valence-electron chi connectivity index (χ4n) is 4.28. The Morgan fingerprint density at radius 1 is 1.12 bits per heavy atom. The third-order valence-electron chi connectivity index (χ3n) is 5.94. The van der Waals surface area contributed by atoms with E-state index in [1.54, 1.807) is 36.4 Å². The predicted octanol–water partition coefficient (Wildman–Crippen LogP) is 5.23. The summed E-state index contributed by atoms with van der Waals surface area (Å²) in [5.74, 6) is 0.439. The van der Waals surface area contributed by atoms with Gasteiger partial charge >= 0.3 is 0 Å². The van der Waals surface area contributed by atoms with Gasteiger partial charge in [0.15, 0.2) is 11.8 Å². The summed E-state index contributed by atoms with van der Waals surface area (Å²) in [6, 6.07) is 13.3. The molecule has 0 unspecified atom stereocenters. The highest BCUT2D eigenvalue weighted by Crippen LogP contribution is 2.32. The lowest BCUT2D eigenvalue weighted by Crippen LogP contribution is -2.46. The molecule has 0 saturated heterocycles. The maximum Gasteiger partial charge on any atom is 0.251 e. The smallest absolute Gasteiger partial charge is 0.251 e. The molecule has 0 aliphatic heterocycles. The highest BCUT2D eigenvalue weighted by atomic mass is 32.1. The first kappa shape index (κ1) is 23.0. The zero-order chi connectivity index (χ0) is 23.4. The molecule has 172 valence electrons. The van der Waals surface area contributed by atoms with Crippen molar-refractivity contribution in [2.75, 3.05) is 4.90 Å². The fraction of sp³-hybridized carbons (Fsp3) is 0.346. The molecule has 1 aliphatic rings. The van der Waals surface area contributed by atoms with E-state index in [2.05, 4.69) is 5.32 Å². The number of nitrogens with zero attached hydrogens (tertiary/aromatic N) is 1. The van der Waals surface area contributed by atoms with Gasteiger partial charge in [0.25, 0.3) is 5.91 Å². The van der Waals surface area contributed by atoms with Crippen LogP contribution in [0.2, 0.25) is 0 Å². The van der Waals surface area contributed by atoms with Crippen molar-refractivity contribution in [2.24, 2.45) is 0 Å². The van der Waals surface area contributed by atoms with Crippen molar-refractivity contribution in [3.8, 4) is 0 Å². The van der Waals surface area contributed by atoms with Crippen LogP contribution in [-0.2, 0) is 16.0 Å². The molecule has 33 heavy (non-hydrogen) atoms. The molecule has 1 N–H and O–H groups in total. The number of thiophene rings is 1. The van der Waals surface area contributed by atoms with Crippen molar-refractivity contribution in [3.63, 3.8) is 0 Å². The molecule has 1 fully saturated rings. The number of aryl methyl sites for hydroxylation is 1. The van der Waals surface area contributed by atoms with Gasteiger partial charge in [0, 0.05) is 22.2 Å². The number of carbonyl (C=O) groups excluding carboxylic acids is 3. The number of benzene rings is 1. The molecule has 0 bridgehead atoms. The van der Waals surface area contributed by atoms with Gasteiger partial charge in [0.05, 0.1) is 6.42 Å². The zero-order valence-corrected chi connectivity index (χ0v) is 19.7. The van der Waals surface area contributed by atoms with Crippen LogP contribution >= 0.6 is 11.3 Å². The topological polar surface area (TPSA) is 79.6 Å². The number of carbonyl (C=O) groups is 3. The lowest BCUT2D eigenvalue weighted by atomic mass is 10.1. The van der Waals surface area contributed by atoms with Crippen LogP contribution in [0, 0.1) is 6.92 Å². The van der Waals surface area contributed by atoms with Crippen molar-refractivity contribution in [1.82, 2.24) is 5.32 Å². The maximum absolute atomic E-state index is 13.7. The van der Waals surface area contributed by atoms with E-state index in [0.29, 0.717) is 22.8 Å². The number of amides is 2. The summed E-state index contributed by atoms with van der Waals surface area (Å²) in [5.41, 5.74) is 0.969. The number of Topliss-reactive ketones (excluding diaryl/α,β-unsaturated/α-hetero) is 1. The predicted molar refractivity (Wildman–Crippen MR) is 129 cm³/mol. The van der Waals surface area contributed by atoms with Gasteiger partial charge in [-0.3, -0.25) is 19.3 Å². The van der Waals surface area contributed by atoms with Crippen molar-refractivity contribution in [2.45, 2.75) is 58.0 Å². The number of furan rings is 1. The molecule has 0 spiro atoms. The fourth-order valence-corrected chi connectivity index (χ4v) is 4.98. The SMILES string of the molecule is CC(=O)c1cccc(N(C(=O)Cc2cccs2)[C@H](C(=O)NC2CCCC2)c2ccc(C)o2)c1. The van der Waals surface area contributed by atoms with Gasteiger partial charge in [-0.25, -0.2) is 0 Å².